The summed E-state index contributed by atoms with van der Waals surface area (Å²) in [4.78, 5) is 13.4. The van der Waals surface area contributed by atoms with Crippen LogP contribution in [0.2, 0.25) is 0 Å². The van der Waals surface area contributed by atoms with Gasteiger partial charge in [0.15, 0.2) is 0 Å². The highest BCUT2D eigenvalue weighted by molar-refractivity contribution is 7.11. The van der Waals surface area contributed by atoms with Gasteiger partial charge in [-0.3, -0.25) is 0 Å². The average Bonchev–Trinajstić information content (AvgIpc) is 2.14. The Kier molecular flexibility index (Phi) is 1.35. The minimum absolute atomic E-state index is 0.0764. The number of carbonyl (C=O) groups excluding carboxylic acids is 1. The first-order valence-corrected chi connectivity index (χ1v) is 3.00. The Hall–Kier alpha value is -1.10. The second kappa shape index (κ2) is 2.02. The lowest BCUT2D eigenvalue weighted by molar-refractivity contribution is 0.0573. The molecule has 0 bridgehead atoms. The van der Waals surface area contributed by atoms with Gasteiger partial charge in [-0.05, 0) is 0 Å². The number of hydrogen-bond donors (Lipinski definition) is 1. The Morgan fingerprint density at radius 3 is 2.67 bits per heavy atom. The number of thiazole rings is 1. The van der Waals surface area contributed by atoms with Gasteiger partial charge in [0.2, 0.25) is 5.01 Å². The molecule has 0 spiro atoms. The Bertz CT molecular complexity index is 232. The molecule has 0 fully saturated rings. The predicted octanol–water partition coefficient (Wildman–Crippen LogP) is 0.296. The summed E-state index contributed by atoms with van der Waals surface area (Å²) in [5.74, 6) is -1.06. The van der Waals surface area contributed by atoms with Crippen LogP contribution in [-0.4, -0.2) is 11.0 Å². The van der Waals surface area contributed by atoms with Crippen molar-refractivity contribution in [1.82, 2.24) is 4.98 Å². The zero-order chi connectivity index (χ0) is 6.85. The average molecular weight is 143 g/mol. The van der Waals surface area contributed by atoms with Crippen molar-refractivity contribution in [2.75, 3.05) is 5.73 Å². The monoisotopic (exact) mass is 143 g/mol. The second-order valence-electron chi connectivity index (χ2n) is 1.36. The zero-order valence-electron chi connectivity index (χ0n) is 4.33. The van der Waals surface area contributed by atoms with Gasteiger partial charge >= 0.3 is 5.97 Å². The van der Waals surface area contributed by atoms with Crippen molar-refractivity contribution in [3.05, 3.63) is 10.4 Å². The van der Waals surface area contributed by atoms with Crippen LogP contribution in [0.25, 0.3) is 0 Å². The van der Waals surface area contributed by atoms with Crippen molar-refractivity contribution < 1.29 is 9.90 Å². The van der Waals surface area contributed by atoms with Crippen molar-refractivity contribution in [3.63, 3.8) is 0 Å². The van der Waals surface area contributed by atoms with E-state index in [2.05, 4.69) is 4.98 Å². The van der Waals surface area contributed by atoms with E-state index in [-0.39, 0.29) is 10.8 Å². The van der Waals surface area contributed by atoms with E-state index in [0.717, 1.165) is 11.3 Å². The van der Waals surface area contributed by atoms with E-state index in [1.165, 1.54) is 5.38 Å². The third-order valence-electron chi connectivity index (χ3n) is 0.697. The second-order valence-corrected chi connectivity index (χ2v) is 2.22. The molecule has 0 saturated carbocycles. The summed E-state index contributed by atoms with van der Waals surface area (Å²) in [6.45, 7) is 0. The number of aromatic nitrogens is 1. The first-order chi connectivity index (χ1) is 4.20. The summed E-state index contributed by atoms with van der Waals surface area (Å²) in [5.41, 5.74) is 5.12. The first kappa shape index (κ1) is 6.03. The van der Waals surface area contributed by atoms with Gasteiger partial charge < -0.3 is 5.73 Å². The molecule has 0 aliphatic heterocycles. The van der Waals surface area contributed by atoms with Gasteiger partial charge in [0, 0.05) is 5.38 Å². The number of nitrogen functional groups attached to an aromatic ring is 1. The number of nitrogens with two attached hydrogens (primary N) is 1. The standard InChI is InChI=1S/C4H3N2O2S/c5-2-1-9-3(6-2)4(7)8/h1H,5H2. The maximum absolute atomic E-state index is 10.00. The molecule has 1 heterocycles. The van der Waals surface area contributed by atoms with Crippen LogP contribution in [0.5, 0.6) is 0 Å². The van der Waals surface area contributed by atoms with Crippen molar-refractivity contribution in [1.29, 1.82) is 0 Å². The van der Waals surface area contributed by atoms with E-state index < -0.39 is 5.97 Å². The Morgan fingerprint density at radius 2 is 2.44 bits per heavy atom. The molecule has 0 saturated heterocycles. The van der Waals surface area contributed by atoms with Crippen LogP contribution in [0.4, 0.5) is 5.82 Å². The normalized spacial score (nSPS) is 9.33. The molecule has 4 nitrogen and oxygen atoms in total. The van der Waals surface area contributed by atoms with Crippen LogP contribution in [0, 0.1) is 0 Å². The maximum atomic E-state index is 10.00. The molecule has 0 amide bonds. The minimum Gasteiger partial charge on any atom is -0.383 e. The fourth-order valence-electron chi connectivity index (χ4n) is 0.380. The van der Waals surface area contributed by atoms with Gasteiger partial charge in [-0.2, -0.15) is 0 Å². The Morgan fingerprint density at radius 1 is 1.78 bits per heavy atom. The minimum atomic E-state index is -1.28. The summed E-state index contributed by atoms with van der Waals surface area (Å²) in [7, 11) is 0. The van der Waals surface area contributed by atoms with E-state index in [0.29, 0.717) is 0 Å². The molecule has 9 heavy (non-hydrogen) atoms. The Labute approximate surface area is 55.0 Å². The summed E-state index contributed by atoms with van der Waals surface area (Å²) in [6, 6.07) is 0. The topological polar surface area (TPSA) is 75.9 Å². The van der Waals surface area contributed by atoms with Crippen LogP contribution in [-0.2, 0) is 5.11 Å². The molecule has 0 aromatic carbocycles. The summed E-state index contributed by atoms with van der Waals surface area (Å²) < 4.78 is 0. The molecule has 1 rings (SSSR count). The molecule has 47 valence electrons. The number of nitrogens with zero attached hydrogens (tertiary/aromatic N) is 1. The highest BCUT2D eigenvalue weighted by Gasteiger charge is 2.08. The number of rotatable bonds is 1. The molecule has 0 atom stereocenters. The van der Waals surface area contributed by atoms with Crippen molar-refractivity contribution in [3.8, 4) is 0 Å². The van der Waals surface area contributed by atoms with Gasteiger partial charge in [0.1, 0.15) is 5.82 Å². The van der Waals surface area contributed by atoms with E-state index >= 15 is 0 Å². The zero-order valence-corrected chi connectivity index (χ0v) is 5.14. The van der Waals surface area contributed by atoms with Gasteiger partial charge in [0.25, 0.3) is 0 Å². The van der Waals surface area contributed by atoms with E-state index in [1.54, 1.807) is 0 Å². The molecule has 0 unspecified atom stereocenters. The molecule has 2 N–H and O–H groups in total. The number of hydrogen-bond acceptors (Lipinski definition) is 4. The van der Waals surface area contributed by atoms with Crippen molar-refractivity contribution >= 4 is 23.1 Å². The lowest BCUT2D eigenvalue weighted by atomic mass is 10.7. The highest BCUT2D eigenvalue weighted by Crippen LogP contribution is 2.09. The molecule has 1 aromatic heterocycles. The predicted molar refractivity (Wildman–Crippen MR) is 31.5 cm³/mol. The van der Waals surface area contributed by atoms with Gasteiger partial charge in [-0.1, -0.05) is 0 Å². The quantitative estimate of drug-likeness (QED) is 0.614. The van der Waals surface area contributed by atoms with Gasteiger partial charge in [-0.25, -0.2) is 14.9 Å². The molecule has 1 radical (unpaired) electrons. The third kappa shape index (κ3) is 1.17. The fraction of sp³-hybridized carbons (Fsp3) is 0. The van der Waals surface area contributed by atoms with Crippen LogP contribution >= 0.6 is 11.3 Å². The summed E-state index contributed by atoms with van der Waals surface area (Å²) >= 11 is 0.959. The third-order valence-corrected chi connectivity index (χ3v) is 1.54. The highest BCUT2D eigenvalue weighted by atomic mass is 32.1. The van der Waals surface area contributed by atoms with Crippen molar-refractivity contribution in [2.24, 2.45) is 0 Å². The van der Waals surface area contributed by atoms with Gasteiger partial charge in [0.05, 0.1) is 0 Å². The number of anilines is 1. The Balaban J connectivity index is 2.98. The fourth-order valence-corrected chi connectivity index (χ4v) is 0.919. The van der Waals surface area contributed by atoms with Crippen molar-refractivity contribution in [2.45, 2.75) is 0 Å². The molecule has 5 heteroatoms. The van der Waals surface area contributed by atoms with Crippen LogP contribution in [0.15, 0.2) is 5.38 Å². The SMILES string of the molecule is Nc1csc(C([O])=O)n1. The van der Waals surface area contributed by atoms with E-state index in [1.807, 2.05) is 0 Å². The maximum Gasteiger partial charge on any atom is 0.414 e. The lowest BCUT2D eigenvalue weighted by Gasteiger charge is -1.75. The van der Waals surface area contributed by atoms with E-state index in [9.17, 15) is 9.90 Å². The smallest absolute Gasteiger partial charge is 0.383 e. The largest absolute Gasteiger partial charge is 0.414 e. The molecular formula is C4H3N2O2S. The van der Waals surface area contributed by atoms with E-state index in [4.69, 9.17) is 5.73 Å². The molecule has 0 aliphatic carbocycles. The molecule has 1 aromatic rings. The van der Waals surface area contributed by atoms with Crippen LogP contribution in [0.1, 0.15) is 9.80 Å². The number of carbonyl (C=O) groups is 1. The summed E-state index contributed by atoms with van der Waals surface area (Å²) in [5, 5.41) is 11.4. The van der Waals surface area contributed by atoms with Crippen LogP contribution in [0.3, 0.4) is 0 Å². The van der Waals surface area contributed by atoms with Gasteiger partial charge in [-0.15, -0.1) is 11.3 Å². The first-order valence-electron chi connectivity index (χ1n) is 2.12. The van der Waals surface area contributed by atoms with Crippen LogP contribution < -0.4 is 5.73 Å². The molecule has 0 aliphatic rings. The lowest BCUT2D eigenvalue weighted by Crippen LogP contribution is -1.93. The summed E-state index contributed by atoms with van der Waals surface area (Å²) in [6.07, 6.45) is 0. The molecular weight excluding hydrogens is 140 g/mol.